The molecule has 5 nitrogen and oxygen atoms in total. The number of nitrogens with zero attached hydrogens (tertiary/aromatic N) is 1. The van der Waals surface area contributed by atoms with E-state index < -0.39 is 0 Å². The topological polar surface area (TPSA) is 81.6 Å². The molecule has 1 fully saturated rings. The average Bonchev–Trinajstić information content (AvgIpc) is 2.48. The molecule has 0 aliphatic carbocycles. The fourth-order valence-electron chi connectivity index (χ4n) is 3.46. The number of nitrogens with two attached hydrogens (primary N) is 2. The van der Waals surface area contributed by atoms with Crippen molar-refractivity contribution in [2.24, 2.45) is 0 Å². The lowest BCUT2D eigenvalue weighted by atomic mass is 9.79. The van der Waals surface area contributed by atoms with Gasteiger partial charge in [0.2, 0.25) is 0 Å². The van der Waals surface area contributed by atoms with E-state index in [1.807, 2.05) is 0 Å². The van der Waals surface area contributed by atoms with Crippen molar-refractivity contribution in [1.82, 2.24) is 4.90 Å². The second kappa shape index (κ2) is 7.46. The summed E-state index contributed by atoms with van der Waals surface area (Å²) < 4.78 is 8.11. The third-order valence-corrected chi connectivity index (χ3v) is 8.54. The Bertz CT molecular complexity index is 673. The first kappa shape index (κ1) is 21.7. The molecule has 0 unspecified atom stereocenters. The minimum atomic E-state index is -0.343. The molecule has 0 saturated carbocycles. The van der Waals surface area contributed by atoms with Gasteiger partial charge in [-0.15, -0.1) is 0 Å². The molecule has 0 aromatic heterocycles. The Labute approximate surface area is 190 Å². The maximum absolute atomic E-state index is 12.9. The summed E-state index contributed by atoms with van der Waals surface area (Å²) in [5.74, 6) is -0.343. The van der Waals surface area contributed by atoms with Crippen LogP contribution in [0.3, 0.4) is 0 Å². The van der Waals surface area contributed by atoms with Gasteiger partial charge in [-0.05, 0) is 103 Å². The molecule has 1 aromatic rings. The molecule has 4 N–H and O–H groups in total. The van der Waals surface area contributed by atoms with Gasteiger partial charge in [0, 0.05) is 23.9 Å². The normalized spacial score (nSPS) is 20.5. The highest BCUT2D eigenvalue weighted by Gasteiger charge is 2.44. The zero-order valence-electron chi connectivity index (χ0n) is 15.0. The number of ether oxygens (including phenoxy) is 1. The van der Waals surface area contributed by atoms with E-state index in [4.69, 9.17) is 16.2 Å². The summed E-state index contributed by atoms with van der Waals surface area (Å²) in [6, 6.07) is 0. The lowest BCUT2D eigenvalue weighted by Gasteiger charge is -2.53. The number of esters is 1. The Morgan fingerprint density at radius 2 is 1.40 bits per heavy atom. The van der Waals surface area contributed by atoms with E-state index >= 15 is 0 Å². The molecule has 1 heterocycles. The smallest absolute Gasteiger partial charge is 0.340 e. The Balaban J connectivity index is 2.33. The first-order valence-electron chi connectivity index (χ1n) is 7.96. The van der Waals surface area contributed by atoms with E-state index in [0.717, 1.165) is 16.4 Å². The molecule has 0 bridgehead atoms. The van der Waals surface area contributed by atoms with Crippen molar-refractivity contribution in [3.63, 3.8) is 0 Å². The predicted octanol–water partition coefficient (Wildman–Crippen LogP) is 4.47. The highest BCUT2D eigenvalue weighted by molar-refractivity contribution is 14.1. The Morgan fingerprint density at radius 3 is 1.80 bits per heavy atom. The van der Waals surface area contributed by atoms with E-state index in [9.17, 15) is 4.79 Å². The summed E-state index contributed by atoms with van der Waals surface area (Å²) in [7, 11) is 2.13. The number of carbonyl (C=O) groups excluding carboxylic acids is 1. The summed E-state index contributed by atoms with van der Waals surface area (Å²) in [5, 5.41) is 0. The van der Waals surface area contributed by atoms with E-state index in [1.165, 1.54) is 0 Å². The Hall–Kier alpha value is 0.440. The number of carbonyl (C=O) groups is 1. The maximum Gasteiger partial charge on any atom is 0.340 e. The van der Waals surface area contributed by atoms with Crippen molar-refractivity contribution < 1.29 is 9.53 Å². The van der Waals surface area contributed by atoms with Crippen LogP contribution in [0, 0.1) is 10.7 Å². The first-order valence-corrected chi connectivity index (χ1v) is 11.2. The van der Waals surface area contributed by atoms with Gasteiger partial charge >= 0.3 is 5.97 Å². The largest absolute Gasteiger partial charge is 0.459 e. The van der Waals surface area contributed by atoms with Crippen LogP contribution in [0.4, 0.5) is 11.4 Å². The maximum atomic E-state index is 12.9. The molecular weight excluding hydrogens is 659 g/mol. The van der Waals surface area contributed by atoms with Crippen LogP contribution in [0.2, 0.25) is 0 Å². The standard InChI is InChI=1S/C17H24I3N3O2/c1-16(2)6-8(7-17(3,4)23(16)5)25-15(24)9-10(18)13(21)12(20)14(22)11(9)19/h8H,6-7,21-22H2,1-5H3. The number of halogens is 3. The molecule has 8 heteroatoms. The van der Waals surface area contributed by atoms with E-state index in [1.54, 1.807) is 0 Å². The first-order chi connectivity index (χ1) is 11.3. The van der Waals surface area contributed by atoms with Crippen molar-refractivity contribution in [3.8, 4) is 0 Å². The minimum Gasteiger partial charge on any atom is -0.459 e. The van der Waals surface area contributed by atoms with Gasteiger partial charge in [-0.3, -0.25) is 4.90 Å². The van der Waals surface area contributed by atoms with Gasteiger partial charge in [-0.2, -0.15) is 0 Å². The van der Waals surface area contributed by atoms with Crippen LogP contribution in [0.5, 0.6) is 0 Å². The zero-order valence-corrected chi connectivity index (χ0v) is 21.5. The molecule has 1 aromatic carbocycles. The highest BCUT2D eigenvalue weighted by Crippen LogP contribution is 2.40. The van der Waals surface area contributed by atoms with Gasteiger partial charge in [0.1, 0.15) is 6.10 Å². The van der Waals surface area contributed by atoms with Gasteiger partial charge in [0.25, 0.3) is 0 Å². The van der Waals surface area contributed by atoms with Gasteiger partial charge in [-0.25, -0.2) is 4.79 Å². The van der Waals surface area contributed by atoms with Gasteiger partial charge in [-0.1, -0.05) is 0 Å². The monoisotopic (exact) mass is 683 g/mol. The Morgan fingerprint density at radius 1 is 1.00 bits per heavy atom. The van der Waals surface area contributed by atoms with Crippen molar-refractivity contribution in [1.29, 1.82) is 0 Å². The fraction of sp³-hybridized carbons (Fsp3) is 0.588. The van der Waals surface area contributed by atoms with Crippen molar-refractivity contribution in [2.45, 2.75) is 57.7 Å². The van der Waals surface area contributed by atoms with E-state index in [2.05, 4.69) is 107 Å². The molecule has 1 aliphatic rings. The third kappa shape index (κ3) is 4.15. The van der Waals surface area contributed by atoms with Crippen molar-refractivity contribution >= 4 is 85.1 Å². The molecule has 1 aliphatic heterocycles. The molecule has 0 atom stereocenters. The third-order valence-electron chi connectivity index (χ3n) is 5.13. The number of likely N-dealkylation sites (tertiary alicyclic amines) is 1. The molecule has 1 saturated heterocycles. The van der Waals surface area contributed by atoms with Gasteiger partial charge in [0.05, 0.1) is 27.6 Å². The number of hydrogen-bond donors (Lipinski definition) is 2. The second-order valence-electron chi connectivity index (χ2n) is 7.76. The molecule has 2 rings (SSSR count). The minimum absolute atomic E-state index is 0.0445. The fourth-order valence-corrected chi connectivity index (χ4v) is 7.06. The van der Waals surface area contributed by atoms with Gasteiger partial charge in [0.15, 0.2) is 0 Å². The molecule has 0 radical (unpaired) electrons. The van der Waals surface area contributed by atoms with Crippen LogP contribution in [-0.2, 0) is 4.74 Å². The van der Waals surface area contributed by atoms with Crippen LogP contribution in [0.25, 0.3) is 0 Å². The van der Waals surface area contributed by atoms with Crippen molar-refractivity contribution in [2.75, 3.05) is 18.5 Å². The zero-order chi connectivity index (χ0) is 19.3. The average molecular weight is 683 g/mol. The highest BCUT2D eigenvalue weighted by atomic mass is 127. The molecular formula is C17H24I3N3O2. The number of nitrogen functional groups attached to an aromatic ring is 2. The summed E-state index contributed by atoms with van der Waals surface area (Å²) in [5.41, 5.74) is 13.7. The number of hydrogen-bond acceptors (Lipinski definition) is 5. The SMILES string of the molecule is CN1C(C)(C)CC(OC(=O)c2c(I)c(N)c(I)c(N)c2I)CC1(C)C. The number of piperidine rings is 1. The number of rotatable bonds is 2. The molecule has 140 valence electrons. The molecule has 25 heavy (non-hydrogen) atoms. The summed E-state index contributed by atoms with van der Waals surface area (Å²) in [6.45, 7) is 8.73. The lowest BCUT2D eigenvalue weighted by Crippen LogP contribution is -2.60. The summed E-state index contributed by atoms with van der Waals surface area (Å²) in [4.78, 5) is 15.3. The quantitative estimate of drug-likeness (QED) is 0.274. The van der Waals surface area contributed by atoms with Crippen LogP contribution >= 0.6 is 67.8 Å². The van der Waals surface area contributed by atoms with Gasteiger partial charge < -0.3 is 16.2 Å². The van der Waals surface area contributed by atoms with E-state index in [-0.39, 0.29) is 23.2 Å². The number of benzene rings is 1. The van der Waals surface area contributed by atoms with Crippen molar-refractivity contribution in [3.05, 3.63) is 16.3 Å². The summed E-state index contributed by atoms with van der Waals surface area (Å²) >= 11 is 6.31. The van der Waals surface area contributed by atoms with E-state index in [0.29, 0.717) is 24.1 Å². The summed E-state index contributed by atoms with van der Waals surface area (Å²) in [6.07, 6.45) is 1.45. The number of anilines is 2. The molecule has 0 amide bonds. The Kier molecular flexibility index (Phi) is 6.48. The predicted molar refractivity (Wildman–Crippen MR) is 128 cm³/mol. The molecule has 0 spiro atoms. The lowest BCUT2D eigenvalue weighted by molar-refractivity contribution is -0.0732. The second-order valence-corrected chi connectivity index (χ2v) is 11.0. The van der Waals surface area contributed by atoms with Crippen LogP contribution < -0.4 is 11.5 Å². The van der Waals surface area contributed by atoms with Crippen LogP contribution in [-0.4, -0.2) is 35.1 Å². The van der Waals surface area contributed by atoms with Crippen LogP contribution in [0.1, 0.15) is 50.9 Å². The van der Waals surface area contributed by atoms with Crippen LogP contribution in [0.15, 0.2) is 0 Å².